The topological polar surface area (TPSA) is 86.3 Å². The highest BCUT2D eigenvalue weighted by atomic mass is 19.4. The van der Waals surface area contributed by atoms with E-state index in [-0.39, 0.29) is 18.2 Å². The second-order valence-electron chi connectivity index (χ2n) is 6.10. The summed E-state index contributed by atoms with van der Waals surface area (Å²) in [5, 5.41) is 21.4. The van der Waals surface area contributed by atoms with Crippen molar-refractivity contribution in [2.24, 2.45) is 5.41 Å². The number of hydrogen-bond donors (Lipinski definition) is 0. The molecule has 1 aromatic carbocycles. The van der Waals surface area contributed by atoms with Crippen molar-refractivity contribution in [2.75, 3.05) is 0 Å². The number of halogens is 13. The Morgan fingerprint density at radius 1 is 0.594 bits per heavy atom. The third-order valence-corrected chi connectivity index (χ3v) is 4.11. The molecular weight excluding hydrogens is 495 g/mol. The van der Waals surface area contributed by atoms with Gasteiger partial charge in [-0.25, -0.2) is 0 Å². The minimum atomic E-state index is -7.96. The Hall–Kier alpha value is -2.89. The minimum absolute atomic E-state index is 0.0329. The van der Waals surface area contributed by atoms with Crippen molar-refractivity contribution in [3.63, 3.8) is 0 Å². The van der Waals surface area contributed by atoms with Crippen molar-refractivity contribution >= 4 is 11.4 Å². The molecule has 1 aromatic rings. The summed E-state index contributed by atoms with van der Waals surface area (Å²) in [6.45, 7) is 0. The fourth-order valence-corrected chi connectivity index (χ4v) is 2.55. The van der Waals surface area contributed by atoms with Crippen molar-refractivity contribution < 1.29 is 66.9 Å². The van der Waals surface area contributed by atoms with Gasteiger partial charge in [0.25, 0.3) is 11.4 Å². The first-order chi connectivity index (χ1) is 13.9. The number of non-ortho nitro benzene ring substituents is 2. The van der Waals surface area contributed by atoms with E-state index in [1.165, 1.54) is 0 Å². The zero-order valence-corrected chi connectivity index (χ0v) is 14.4. The van der Waals surface area contributed by atoms with Gasteiger partial charge in [-0.05, 0) is 5.56 Å². The minimum Gasteiger partial charge on any atom is -0.258 e. The fraction of sp³-hybridized carbons (Fsp3) is 0.538. The van der Waals surface area contributed by atoms with Crippen molar-refractivity contribution in [3.8, 4) is 0 Å². The molecule has 0 fully saturated rings. The van der Waals surface area contributed by atoms with Gasteiger partial charge < -0.3 is 0 Å². The summed E-state index contributed by atoms with van der Waals surface area (Å²) in [5.74, 6) is -15.9. The van der Waals surface area contributed by atoms with Gasteiger partial charge in [0.05, 0.1) is 15.9 Å². The predicted molar refractivity (Wildman–Crippen MR) is 73.9 cm³/mol. The number of nitro benzene ring substituents is 2. The monoisotopic (exact) mass is 500 g/mol. The number of benzene rings is 1. The van der Waals surface area contributed by atoms with E-state index in [9.17, 15) is 77.3 Å². The Morgan fingerprint density at radius 3 is 1.19 bits per heavy atom. The van der Waals surface area contributed by atoms with Crippen LogP contribution in [0.2, 0.25) is 0 Å². The van der Waals surface area contributed by atoms with Crippen LogP contribution in [0.3, 0.4) is 0 Å². The molecule has 0 saturated carbocycles. The molecule has 0 unspecified atom stereocenters. The summed E-state index contributed by atoms with van der Waals surface area (Å²) in [6, 6.07) is -0.725. The number of alkyl halides is 13. The van der Waals surface area contributed by atoms with Crippen LogP contribution < -0.4 is 0 Å². The van der Waals surface area contributed by atoms with Crippen molar-refractivity contribution in [2.45, 2.75) is 36.8 Å². The first-order valence-electron chi connectivity index (χ1n) is 7.32. The van der Waals surface area contributed by atoms with Crippen molar-refractivity contribution in [3.05, 3.63) is 44.0 Å². The largest absolute Gasteiger partial charge is 0.459 e. The second-order valence-corrected chi connectivity index (χ2v) is 6.10. The molecule has 0 aliphatic rings. The van der Waals surface area contributed by atoms with E-state index >= 15 is 0 Å². The SMILES string of the molecule is O=[N+]([O-])c1cc(CC(C(F)(F)F)(C(F)(F)F)C(F)(F)C(F)(F)C(F)(F)F)cc([N+](=O)[O-])c1. The van der Waals surface area contributed by atoms with Crippen LogP contribution in [0.5, 0.6) is 0 Å². The molecule has 0 aliphatic carbocycles. The standard InChI is InChI=1S/C13H5F13N2O4/c14-9(15,10(16,17)13(24,25)26)8(11(18,19)20,12(21,22)23)4-5-1-6(27(29)30)3-7(2-5)28(31)32/h1-3H,4H2. The second kappa shape index (κ2) is 7.61. The van der Waals surface area contributed by atoms with Gasteiger partial charge >= 0.3 is 30.4 Å². The highest BCUT2D eigenvalue weighted by Gasteiger charge is 2.91. The maximum absolute atomic E-state index is 14.0. The molecule has 6 nitrogen and oxygen atoms in total. The predicted octanol–water partition coefficient (Wildman–Crippen LogP) is 5.99. The van der Waals surface area contributed by atoms with E-state index in [1.807, 2.05) is 0 Å². The zero-order chi connectivity index (χ0) is 25.7. The van der Waals surface area contributed by atoms with E-state index in [2.05, 4.69) is 0 Å². The summed E-state index contributed by atoms with van der Waals surface area (Å²) < 4.78 is 172. The van der Waals surface area contributed by atoms with Crippen LogP contribution >= 0.6 is 0 Å². The van der Waals surface area contributed by atoms with Gasteiger partial charge in [-0.3, -0.25) is 20.2 Å². The van der Waals surface area contributed by atoms with Crippen LogP contribution in [-0.4, -0.2) is 40.2 Å². The summed E-state index contributed by atoms with van der Waals surface area (Å²) in [7, 11) is 0. The molecule has 0 amide bonds. The molecule has 182 valence electrons. The maximum atomic E-state index is 14.0. The Morgan fingerprint density at radius 2 is 0.938 bits per heavy atom. The highest BCUT2D eigenvalue weighted by molar-refractivity contribution is 5.47. The van der Waals surface area contributed by atoms with Crippen LogP contribution in [0.4, 0.5) is 68.5 Å². The van der Waals surface area contributed by atoms with E-state index < -0.39 is 69.0 Å². The molecule has 0 bridgehead atoms. The Balaban J connectivity index is 4.06. The summed E-state index contributed by atoms with van der Waals surface area (Å²) >= 11 is 0. The van der Waals surface area contributed by atoms with E-state index in [0.717, 1.165) is 0 Å². The van der Waals surface area contributed by atoms with Crippen LogP contribution in [0, 0.1) is 25.6 Å². The van der Waals surface area contributed by atoms with Crippen LogP contribution in [0.1, 0.15) is 5.56 Å². The van der Waals surface area contributed by atoms with Gasteiger partial charge in [0, 0.05) is 18.6 Å². The molecule has 0 N–H and O–H groups in total. The molecule has 1 rings (SSSR count). The van der Waals surface area contributed by atoms with Gasteiger partial charge in [0.2, 0.25) is 5.41 Å². The first kappa shape index (κ1) is 27.1. The molecule has 19 heteroatoms. The van der Waals surface area contributed by atoms with E-state index in [4.69, 9.17) is 0 Å². The molecule has 0 saturated heterocycles. The van der Waals surface area contributed by atoms with Crippen LogP contribution in [0.15, 0.2) is 18.2 Å². The molecule has 0 radical (unpaired) electrons. The lowest BCUT2D eigenvalue weighted by Gasteiger charge is -2.45. The van der Waals surface area contributed by atoms with Gasteiger partial charge in [0.1, 0.15) is 0 Å². The molecule has 0 aliphatic heterocycles. The van der Waals surface area contributed by atoms with Gasteiger partial charge in [0.15, 0.2) is 0 Å². The van der Waals surface area contributed by atoms with Crippen LogP contribution in [0.25, 0.3) is 0 Å². The summed E-state index contributed by atoms with van der Waals surface area (Å²) in [4.78, 5) is 18.1. The third kappa shape index (κ3) is 4.10. The number of hydrogen-bond acceptors (Lipinski definition) is 4. The number of nitrogens with zero attached hydrogens (tertiary/aromatic N) is 2. The first-order valence-corrected chi connectivity index (χ1v) is 7.32. The summed E-state index contributed by atoms with van der Waals surface area (Å²) in [5.41, 5.74) is -12.4. The van der Waals surface area contributed by atoms with Gasteiger partial charge in [-0.2, -0.15) is 57.1 Å². The maximum Gasteiger partial charge on any atom is 0.459 e. The van der Waals surface area contributed by atoms with E-state index in [0.29, 0.717) is 0 Å². The number of rotatable bonds is 6. The number of nitro groups is 2. The smallest absolute Gasteiger partial charge is 0.258 e. The lowest BCUT2D eigenvalue weighted by atomic mass is 9.71. The average Bonchev–Trinajstić information content (AvgIpc) is 2.55. The molecular formula is C13H5F13N2O4. The quantitative estimate of drug-likeness (QED) is 0.273. The molecule has 0 spiro atoms. The normalized spacial score (nSPS) is 14.4. The third-order valence-electron chi connectivity index (χ3n) is 4.11. The lowest BCUT2D eigenvalue weighted by Crippen LogP contribution is -2.71. The highest BCUT2D eigenvalue weighted by Crippen LogP contribution is 2.66. The molecule has 0 atom stereocenters. The average molecular weight is 500 g/mol. The summed E-state index contributed by atoms with van der Waals surface area (Å²) in [6.07, 6.45) is -26.2. The van der Waals surface area contributed by atoms with Gasteiger partial charge in [-0.1, -0.05) is 0 Å². The molecule has 0 heterocycles. The Labute approximate surface area is 165 Å². The fourth-order valence-electron chi connectivity index (χ4n) is 2.55. The molecule has 0 aromatic heterocycles. The molecule has 32 heavy (non-hydrogen) atoms. The van der Waals surface area contributed by atoms with Crippen molar-refractivity contribution in [1.29, 1.82) is 0 Å². The Kier molecular flexibility index (Phi) is 6.45. The van der Waals surface area contributed by atoms with Crippen molar-refractivity contribution in [1.82, 2.24) is 0 Å². The Bertz CT molecular complexity index is 858. The zero-order valence-electron chi connectivity index (χ0n) is 14.4. The lowest BCUT2D eigenvalue weighted by molar-refractivity contribution is -0.460. The van der Waals surface area contributed by atoms with Crippen LogP contribution in [-0.2, 0) is 6.42 Å². The van der Waals surface area contributed by atoms with E-state index in [1.54, 1.807) is 0 Å². The van der Waals surface area contributed by atoms with Gasteiger partial charge in [-0.15, -0.1) is 0 Å².